The van der Waals surface area contributed by atoms with Crippen LogP contribution >= 0.6 is 0 Å². The lowest BCUT2D eigenvalue weighted by molar-refractivity contribution is 0.272. The van der Waals surface area contributed by atoms with Crippen molar-refractivity contribution < 1.29 is 8.83 Å². The predicted octanol–water partition coefficient (Wildman–Crippen LogP) is 21.4. The quantitative estimate of drug-likeness (QED) is 0.135. The molecule has 10 aromatic carbocycles. The van der Waals surface area contributed by atoms with Gasteiger partial charge in [-0.05, 0) is 154 Å². The second-order valence-electron chi connectivity index (χ2n) is 23.9. The Balaban J connectivity index is 0.957. The molecule has 3 aliphatic carbocycles. The van der Waals surface area contributed by atoms with Crippen LogP contribution in [0.5, 0.6) is 0 Å². The molecule has 3 fully saturated rings. The maximum atomic E-state index is 7.26. The maximum Gasteiger partial charge on any atom is 0.159 e. The summed E-state index contributed by atoms with van der Waals surface area (Å²) in [5.41, 5.74) is 16.2. The van der Waals surface area contributed by atoms with Crippen molar-refractivity contribution in [2.75, 3.05) is 9.80 Å². The van der Waals surface area contributed by atoms with Gasteiger partial charge in [-0.1, -0.05) is 181 Å². The van der Waals surface area contributed by atoms with E-state index in [4.69, 9.17) is 8.83 Å². The zero-order valence-electron chi connectivity index (χ0n) is 43.8. The number of hydrogen-bond acceptors (Lipinski definition) is 4. The Labute approximate surface area is 439 Å². The normalized spacial score (nSPS) is 16.5. The minimum absolute atomic E-state index is 0.0163. The molecule has 15 rings (SSSR count). The Morgan fingerprint density at radius 3 is 1.24 bits per heavy atom. The van der Waals surface area contributed by atoms with Gasteiger partial charge in [0.15, 0.2) is 11.2 Å². The highest BCUT2D eigenvalue weighted by Gasteiger charge is 2.34. The average Bonchev–Trinajstić information content (AvgIpc) is 4.31. The monoisotopic (exact) mass is 976 g/mol. The van der Waals surface area contributed by atoms with E-state index in [1.807, 2.05) is 0 Å². The van der Waals surface area contributed by atoms with E-state index in [0.717, 1.165) is 67.2 Å². The number of hydrogen-bond donors (Lipinski definition) is 0. The van der Waals surface area contributed by atoms with Crippen LogP contribution in [0.2, 0.25) is 0 Å². The van der Waals surface area contributed by atoms with E-state index in [1.54, 1.807) is 0 Å². The molecule has 0 aliphatic heterocycles. The van der Waals surface area contributed by atoms with Crippen LogP contribution in [-0.2, 0) is 10.8 Å². The van der Waals surface area contributed by atoms with Crippen LogP contribution in [-0.4, -0.2) is 0 Å². The van der Waals surface area contributed by atoms with Crippen molar-refractivity contribution >= 4 is 110 Å². The maximum absolute atomic E-state index is 7.26. The molecule has 0 N–H and O–H groups in total. The van der Waals surface area contributed by atoms with Crippen LogP contribution in [0, 0.1) is 0 Å². The van der Waals surface area contributed by atoms with Crippen molar-refractivity contribution in [3.05, 3.63) is 192 Å². The minimum atomic E-state index is 0.0163. The fraction of sp³-hybridized carbons (Fsp3) is 0.268. The first-order valence-electron chi connectivity index (χ1n) is 28.1. The molecule has 2 heterocycles. The highest BCUT2D eigenvalue weighted by atomic mass is 16.3. The zero-order valence-corrected chi connectivity index (χ0v) is 43.8. The lowest BCUT2D eigenvalue weighted by Crippen LogP contribution is -2.30. The van der Waals surface area contributed by atoms with Gasteiger partial charge >= 0.3 is 0 Å². The van der Waals surface area contributed by atoms with Gasteiger partial charge in [-0.25, -0.2) is 0 Å². The number of benzene rings is 10. The van der Waals surface area contributed by atoms with E-state index in [-0.39, 0.29) is 10.8 Å². The summed E-state index contributed by atoms with van der Waals surface area (Å²) in [4.78, 5) is 4.96. The van der Waals surface area contributed by atoms with E-state index in [2.05, 4.69) is 207 Å². The Bertz CT molecular complexity index is 4170. The molecule has 3 saturated carbocycles. The van der Waals surface area contributed by atoms with E-state index in [0.29, 0.717) is 11.8 Å². The van der Waals surface area contributed by atoms with Gasteiger partial charge in [0.1, 0.15) is 11.2 Å². The van der Waals surface area contributed by atoms with E-state index in [1.165, 1.54) is 136 Å². The lowest BCUT2D eigenvalue weighted by Gasteiger charge is -2.39. The molecular formula is C71H64N2O2. The zero-order chi connectivity index (χ0) is 50.2. The summed E-state index contributed by atoms with van der Waals surface area (Å²) in [5, 5.41) is 12.1. The number of fused-ring (bicyclic) bond motifs is 6. The van der Waals surface area contributed by atoms with Crippen LogP contribution in [0.3, 0.4) is 0 Å². The lowest BCUT2D eigenvalue weighted by atomic mass is 9.66. The molecule has 3 aliphatic rings. The third-order valence-corrected chi connectivity index (χ3v) is 18.5. The van der Waals surface area contributed by atoms with Crippen molar-refractivity contribution in [1.82, 2.24) is 0 Å². The van der Waals surface area contributed by atoms with Crippen LogP contribution < -0.4 is 9.80 Å². The van der Waals surface area contributed by atoms with Gasteiger partial charge < -0.3 is 18.6 Å². The molecule has 0 radical (unpaired) electrons. The molecular weight excluding hydrogens is 913 g/mol. The van der Waals surface area contributed by atoms with Gasteiger partial charge in [-0.15, -0.1) is 0 Å². The van der Waals surface area contributed by atoms with E-state index < -0.39 is 0 Å². The summed E-state index contributed by atoms with van der Waals surface area (Å²) < 4.78 is 14.5. The highest BCUT2D eigenvalue weighted by Crippen LogP contribution is 2.53. The second kappa shape index (κ2) is 17.0. The Hall–Kier alpha value is -7.56. The van der Waals surface area contributed by atoms with Gasteiger partial charge in [0, 0.05) is 43.7 Å². The Morgan fingerprint density at radius 1 is 0.400 bits per heavy atom. The van der Waals surface area contributed by atoms with Crippen molar-refractivity contribution in [2.45, 2.75) is 121 Å². The van der Waals surface area contributed by atoms with Crippen molar-refractivity contribution in [3.8, 4) is 0 Å². The molecule has 4 heteroatoms. The smallest absolute Gasteiger partial charge is 0.159 e. The number of rotatable bonds is 9. The third-order valence-electron chi connectivity index (χ3n) is 18.5. The highest BCUT2D eigenvalue weighted by molar-refractivity contribution is 6.29. The molecule has 2 aromatic heterocycles. The SMILES string of the molecule is CC(C)(C)c1ccc(N(c2ccc3ccc4c(N(c5ccc(C6(C)CCC6)cc5)c5cccc6c5oc5c(C7CCCC7)cccc56)ccc5ccc2c3c54)c2cccc3c2oc2c(C4CCCC4)cccc23)cc1. The topological polar surface area (TPSA) is 32.8 Å². The summed E-state index contributed by atoms with van der Waals surface area (Å²) >= 11 is 0. The summed E-state index contributed by atoms with van der Waals surface area (Å²) in [6.45, 7) is 9.31. The molecule has 0 saturated heterocycles. The number of para-hydroxylation sites is 4. The van der Waals surface area contributed by atoms with Crippen molar-refractivity contribution in [1.29, 1.82) is 0 Å². The largest absolute Gasteiger partial charge is 0.454 e. The molecule has 4 nitrogen and oxygen atoms in total. The molecule has 0 unspecified atom stereocenters. The average molecular weight is 977 g/mol. The standard InChI is InChI=1S/C71H64N2O2/c1-70(2,3)48-30-34-50(35-31-48)72(62-24-11-22-56-54-20-9-18-52(44-14-5-6-15-44)66(54)74-68(56)62)60-40-28-46-27-39-59-61(41-29-47-26-38-58(60)64(46)65(47)59)73(51-36-32-49(33-37-51)71(4)42-13-43-71)63-25-12-23-57-55-21-10-19-53(45-16-7-8-17-45)67(55)75-69(57)63/h9-12,18-41,44-45H,5-8,13-17,42-43H2,1-4H3. The minimum Gasteiger partial charge on any atom is -0.454 e. The van der Waals surface area contributed by atoms with Gasteiger partial charge in [0.05, 0.1) is 22.7 Å². The Morgan fingerprint density at radius 2 is 0.813 bits per heavy atom. The fourth-order valence-electron chi connectivity index (χ4n) is 14.2. The molecule has 0 atom stereocenters. The van der Waals surface area contributed by atoms with Gasteiger partial charge in [-0.2, -0.15) is 0 Å². The van der Waals surface area contributed by atoms with Crippen LogP contribution in [0.4, 0.5) is 34.1 Å². The first-order valence-corrected chi connectivity index (χ1v) is 28.1. The summed E-state index contributed by atoms with van der Waals surface area (Å²) in [6, 6.07) is 64.7. The van der Waals surface area contributed by atoms with Crippen LogP contribution in [0.25, 0.3) is 76.2 Å². The molecule has 0 spiro atoms. The number of furan rings is 2. The third kappa shape index (κ3) is 7.01. The van der Waals surface area contributed by atoms with Gasteiger partial charge in [-0.3, -0.25) is 0 Å². The summed E-state index contributed by atoms with van der Waals surface area (Å²) in [6.07, 6.45) is 13.8. The Kier molecular flexibility index (Phi) is 10.2. The predicted molar refractivity (Wildman–Crippen MR) is 316 cm³/mol. The second-order valence-corrected chi connectivity index (χ2v) is 23.9. The fourth-order valence-corrected chi connectivity index (χ4v) is 14.2. The molecule has 75 heavy (non-hydrogen) atoms. The summed E-state index contributed by atoms with van der Waals surface area (Å²) in [7, 11) is 0. The number of nitrogens with zero attached hydrogens (tertiary/aromatic N) is 2. The first kappa shape index (κ1) is 44.9. The molecule has 0 amide bonds. The van der Waals surface area contributed by atoms with E-state index >= 15 is 0 Å². The van der Waals surface area contributed by atoms with Crippen molar-refractivity contribution in [2.24, 2.45) is 0 Å². The van der Waals surface area contributed by atoms with Gasteiger partial charge in [0.25, 0.3) is 0 Å². The first-order chi connectivity index (χ1) is 36.7. The molecule has 12 aromatic rings. The van der Waals surface area contributed by atoms with Crippen molar-refractivity contribution in [3.63, 3.8) is 0 Å². The van der Waals surface area contributed by atoms with E-state index in [9.17, 15) is 0 Å². The molecule has 370 valence electrons. The molecule has 0 bridgehead atoms. The van der Waals surface area contributed by atoms with Gasteiger partial charge in [0.2, 0.25) is 0 Å². The van der Waals surface area contributed by atoms with Crippen LogP contribution in [0.1, 0.15) is 132 Å². The van der Waals surface area contributed by atoms with Crippen LogP contribution in [0.15, 0.2) is 179 Å². The number of anilines is 6. The summed E-state index contributed by atoms with van der Waals surface area (Å²) in [5.74, 6) is 1.07.